The van der Waals surface area contributed by atoms with Crippen molar-refractivity contribution in [3.63, 3.8) is 0 Å². The first-order valence-corrected chi connectivity index (χ1v) is 4.73. The Morgan fingerprint density at radius 2 is 1.94 bits per heavy atom. The Kier molecular flexibility index (Phi) is 2.82. The lowest BCUT2D eigenvalue weighted by atomic mass is 10.0. The molecule has 0 radical (unpaired) electrons. The number of aromatic nitrogens is 1. The monoisotopic (exact) mass is 235 g/mol. The van der Waals surface area contributed by atoms with Crippen LogP contribution in [0.15, 0.2) is 36.5 Å². The summed E-state index contributed by atoms with van der Waals surface area (Å²) in [5.74, 6) is -3.22. The van der Waals surface area contributed by atoms with E-state index in [1.165, 1.54) is 24.4 Å². The molecular weight excluding hydrogens is 228 g/mol. The number of hydrogen-bond acceptors (Lipinski definition) is 2. The SMILES string of the molecule is O=C(O)c1ncccc1-c1ccc(F)c(F)c1. The van der Waals surface area contributed by atoms with Gasteiger partial charge in [-0.2, -0.15) is 0 Å². The van der Waals surface area contributed by atoms with Crippen LogP contribution in [0.1, 0.15) is 10.5 Å². The molecule has 0 aliphatic carbocycles. The van der Waals surface area contributed by atoms with Gasteiger partial charge in [0, 0.05) is 11.8 Å². The maximum absolute atomic E-state index is 13.1. The Bertz CT molecular complexity index is 584. The van der Waals surface area contributed by atoms with E-state index in [1.54, 1.807) is 0 Å². The number of carbonyl (C=O) groups is 1. The molecule has 0 saturated heterocycles. The number of carboxylic acids is 1. The van der Waals surface area contributed by atoms with E-state index in [1.807, 2.05) is 0 Å². The Balaban J connectivity index is 2.60. The number of hydrogen-bond donors (Lipinski definition) is 1. The third-order valence-electron chi connectivity index (χ3n) is 2.24. The topological polar surface area (TPSA) is 50.2 Å². The number of halogens is 2. The normalized spacial score (nSPS) is 10.2. The van der Waals surface area contributed by atoms with Crippen LogP contribution >= 0.6 is 0 Å². The molecule has 17 heavy (non-hydrogen) atoms. The van der Waals surface area contributed by atoms with Crippen molar-refractivity contribution in [1.29, 1.82) is 0 Å². The summed E-state index contributed by atoms with van der Waals surface area (Å²) in [6, 6.07) is 6.22. The van der Waals surface area contributed by atoms with Crippen LogP contribution < -0.4 is 0 Å². The van der Waals surface area contributed by atoms with Gasteiger partial charge in [-0.15, -0.1) is 0 Å². The van der Waals surface area contributed by atoms with Crippen molar-refractivity contribution in [2.24, 2.45) is 0 Å². The molecule has 0 amide bonds. The third kappa shape index (κ3) is 2.13. The molecule has 0 spiro atoms. The molecule has 0 saturated carbocycles. The number of nitrogens with zero attached hydrogens (tertiary/aromatic N) is 1. The number of benzene rings is 1. The molecule has 0 bridgehead atoms. The minimum atomic E-state index is -1.22. The molecular formula is C12H7F2NO2. The summed E-state index contributed by atoms with van der Waals surface area (Å²) < 4.78 is 25.8. The van der Waals surface area contributed by atoms with Crippen molar-refractivity contribution < 1.29 is 18.7 Å². The Morgan fingerprint density at radius 3 is 2.59 bits per heavy atom. The zero-order chi connectivity index (χ0) is 12.4. The summed E-state index contributed by atoms with van der Waals surface area (Å²) in [6.07, 6.45) is 1.33. The van der Waals surface area contributed by atoms with E-state index < -0.39 is 17.6 Å². The van der Waals surface area contributed by atoms with Gasteiger partial charge in [-0.3, -0.25) is 0 Å². The third-order valence-corrected chi connectivity index (χ3v) is 2.24. The van der Waals surface area contributed by atoms with Crippen molar-refractivity contribution in [3.8, 4) is 11.1 Å². The van der Waals surface area contributed by atoms with Crippen LogP contribution in [-0.2, 0) is 0 Å². The van der Waals surface area contributed by atoms with E-state index in [0.717, 1.165) is 12.1 Å². The van der Waals surface area contributed by atoms with Crippen LogP contribution in [0.2, 0.25) is 0 Å². The fourth-order valence-electron chi connectivity index (χ4n) is 1.47. The highest BCUT2D eigenvalue weighted by Gasteiger charge is 2.13. The van der Waals surface area contributed by atoms with Crippen LogP contribution in [0.25, 0.3) is 11.1 Å². The van der Waals surface area contributed by atoms with Crippen LogP contribution in [0.4, 0.5) is 8.78 Å². The summed E-state index contributed by atoms with van der Waals surface area (Å²) in [5, 5.41) is 8.92. The van der Waals surface area contributed by atoms with Crippen LogP contribution in [-0.4, -0.2) is 16.1 Å². The van der Waals surface area contributed by atoms with Gasteiger partial charge in [0.1, 0.15) is 0 Å². The maximum atomic E-state index is 13.1. The smallest absolute Gasteiger partial charge is 0.355 e. The van der Waals surface area contributed by atoms with E-state index in [9.17, 15) is 13.6 Å². The molecule has 3 nitrogen and oxygen atoms in total. The zero-order valence-corrected chi connectivity index (χ0v) is 8.52. The molecule has 0 aliphatic rings. The molecule has 1 heterocycles. The van der Waals surface area contributed by atoms with Crippen molar-refractivity contribution in [2.75, 3.05) is 0 Å². The number of pyridine rings is 1. The number of carboxylic acid groups (broad SMARTS) is 1. The van der Waals surface area contributed by atoms with Gasteiger partial charge in [-0.25, -0.2) is 18.6 Å². The van der Waals surface area contributed by atoms with Gasteiger partial charge in [-0.05, 0) is 23.8 Å². The van der Waals surface area contributed by atoms with E-state index in [0.29, 0.717) is 0 Å². The summed E-state index contributed by atoms with van der Waals surface area (Å²) in [6.45, 7) is 0. The molecule has 2 rings (SSSR count). The van der Waals surface area contributed by atoms with Gasteiger partial charge in [0.2, 0.25) is 0 Å². The molecule has 2 aromatic rings. The van der Waals surface area contributed by atoms with E-state index >= 15 is 0 Å². The second-order valence-corrected chi connectivity index (χ2v) is 3.33. The van der Waals surface area contributed by atoms with E-state index in [-0.39, 0.29) is 16.8 Å². The molecule has 1 aromatic carbocycles. The summed E-state index contributed by atoms with van der Waals surface area (Å²) in [5.41, 5.74) is 0.326. The standard InChI is InChI=1S/C12H7F2NO2/c13-9-4-3-7(6-10(9)14)8-2-1-5-15-11(8)12(16)17/h1-6H,(H,16,17). The lowest BCUT2D eigenvalue weighted by molar-refractivity contribution is 0.0691. The fraction of sp³-hybridized carbons (Fsp3) is 0. The van der Waals surface area contributed by atoms with Gasteiger partial charge in [-0.1, -0.05) is 12.1 Å². The van der Waals surface area contributed by atoms with E-state index in [2.05, 4.69) is 4.98 Å². The maximum Gasteiger partial charge on any atom is 0.355 e. The average Bonchev–Trinajstić information content (AvgIpc) is 2.32. The van der Waals surface area contributed by atoms with Gasteiger partial charge >= 0.3 is 5.97 Å². The first-order valence-electron chi connectivity index (χ1n) is 4.73. The van der Waals surface area contributed by atoms with Crippen molar-refractivity contribution in [3.05, 3.63) is 53.9 Å². The summed E-state index contributed by atoms with van der Waals surface area (Å²) >= 11 is 0. The van der Waals surface area contributed by atoms with Crippen LogP contribution in [0.3, 0.4) is 0 Å². The number of rotatable bonds is 2. The van der Waals surface area contributed by atoms with Gasteiger partial charge < -0.3 is 5.11 Å². The minimum absolute atomic E-state index is 0.196. The first kappa shape index (κ1) is 11.2. The lowest BCUT2D eigenvalue weighted by Crippen LogP contribution is -2.02. The zero-order valence-electron chi connectivity index (χ0n) is 8.52. The molecule has 0 fully saturated rings. The summed E-state index contributed by atoms with van der Waals surface area (Å²) in [4.78, 5) is 14.6. The fourth-order valence-corrected chi connectivity index (χ4v) is 1.47. The Labute approximate surface area is 95.4 Å². The second-order valence-electron chi connectivity index (χ2n) is 3.33. The molecule has 0 unspecified atom stereocenters. The van der Waals surface area contributed by atoms with Crippen molar-refractivity contribution >= 4 is 5.97 Å². The highest BCUT2D eigenvalue weighted by atomic mass is 19.2. The van der Waals surface area contributed by atoms with E-state index in [4.69, 9.17) is 5.11 Å². The molecule has 0 aliphatic heterocycles. The van der Waals surface area contributed by atoms with Gasteiger partial charge in [0.15, 0.2) is 17.3 Å². The molecule has 0 atom stereocenters. The Morgan fingerprint density at radius 1 is 1.18 bits per heavy atom. The van der Waals surface area contributed by atoms with Crippen molar-refractivity contribution in [1.82, 2.24) is 4.98 Å². The Hall–Kier alpha value is -2.30. The minimum Gasteiger partial charge on any atom is -0.476 e. The largest absolute Gasteiger partial charge is 0.476 e. The van der Waals surface area contributed by atoms with Crippen LogP contribution in [0.5, 0.6) is 0 Å². The number of aromatic carboxylic acids is 1. The molecule has 1 aromatic heterocycles. The average molecular weight is 235 g/mol. The highest BCUT2D eigenvalue weighted by Crippen LogP contribution is 2.23. The first-order chi connectivity index (χ1) is 8.09. The highest BCUT2D eigenvalue weighted by molar-refractivity contribution is 5.93. The second kappa shape index (κ2) is 4.29. The lowest BCUT2D eigenvalue weighted by Gasteiger charge is -2.05. The van der Waals surface area contributed by atoms with Crippen molar-refractivity contribution in [2.45, 2.75) is 0 Å². The van der Waals surface area contributed by atoms with Gasteiger partial charge in [0.25, 0.3) is 0 Å². The molecule has 1 N–H and O–H groups in total. The van der Waals surface area contributed by atoms with Crippen LogP contribution in [0, 0.1) is 11.6 Å². The molecule has 5 heteroatoms. The predicted octanol–water partition coefficient (Wildman–Crippen LogP) is 2.73. The van der Waals surface area contributed by atoms with Gasteiger partial charge in [0.05, 0.1) is 0 Å². The molecule has 86 valence electrons. The summed E-state index contributed by atoms with van der Waals surface area (Å²) in [7, 11) is 0. The predicted molar refractivity (Wildman–Crippen MR) is 56.5 cm³/mol. The quantitative estimate of drug-likeness (QED) is 0.870.